The Balaban J connectivity index is 1.51. The van der Waals surface area contributed by atoms with Crippen molar-refractivity contribution in [2.45, 2.75) is 44.8 Å². The van der Waals surface area contributed by atoms with E-state index >= 15 is 0 Å². The maximum absolute atomic E-state index is 12.4. The van der Waals surface area contributed by atoms with E-state index in [4.69, 9.17) is 9.47 Å². The van der Waals surface area contributed by atoms with Crippen LogP contribution in [0.3, 0.4) is 0 Å². The molecule has 0 aliphatic heterocycles. The van der Waals surface area contributed by atoms with E-state index in [1.807, 2.05) is 36.4 Å². The van der Waals surface area contributed by atoms with E-state index < -0.39 is 29.6 Å². The number of fused-ring (bicyclic) bond motifs is 3. The molecule has 0 aromatic heterocycles. The van der Waals surface area contributed by atoms with Crippen LogP contribution in [0.4, 0.5) is 4.79 Å². The second-order valence-corrected chi connectivity index (χ2v) is 9.13. The van der Waals surface area contributed by atoms with Gasteiger partial charge in [-0.05, 0) is 43.0 Å². The maximum atomic E-state index is 12.4. The maximum Gasteiger partial charge on any atom is 0.407 e. The monoisotopic (exact) mass is 480 g/mol. The summed E-state index contributed by atoms with van der Waals surface area (Å²) in [4.78, 5) is 36.2. The summed E-state index contributed by atoms with van der Waals surface area (Å²) >= 11 is 0. The molecule has 0 radical (unpaired) electrons. The molecular weight excluding hydrogens is 448 g/mol. The molecule has 1 atom stereocenters. The number of hydrogen-bond acceptors (Lipinski definition) is 5. The molecule has 1 unspecified atom stereocenters. The molecule has 2 amide bonds. The van der Waals surface area contributed by atoms with Crippen molar-refractivity contribution in [1.82, 2.24) is 10.6 Å². The molecule has 2 aromatic carbocycles. The van der Waals surface area contributed by atoms with Gasteiger partial charge in [-0.25, -0.2) is 9.59 Å². The van der Waals surface area contributed by atoms with Gasteiger partial charge in [-0.1, -0.05) is 54.6 Å². The highest BCUT2D eigenvalue weighted by Gasteiger charge is 2.30. The number of carboxylic acid groups (broad SMARTS) is 1. The Kier molecular flexibility index (Phi) is 8.30. The minimum atomic E-state index is -1.15. The molecule has 0 saturated heterocycles. The number of amides is 2. The first-order valence-corrected chi connectivity index (χ1v) is 11.5. The topological polar surface area (TPSA) is 114 Å². The fourth-order valence-corrected chi connectivity index (χ4v) is 4.08. The Morgan fingerprint density at radius 3 is 2.17 bits per heavy atom. The van der Waals surface area contributed by atoms with Gasteiger partial charge in [0.2, 0.25) is 5.91 Å². The zero-order chi connectivity index (χ0) is 25.6. The van der Waals surface area contributed by atoms with Crippen molar-refractivity contribution in [3.8, 4) is 11.1 Å². The van der Waals surface area contributed by atoms with Gasteiger partial charge in [-0.3, -0.25) is 4.79 Å². The van der Waals surface area contributed by atoms with E-state index in [1.54, 1.807) is 20.8 Å². The third kappa shape index (κ3) is 6.48. The standard InChI is InChI=1S/C27H32N2O6/c1-17(24(30)29-23(25(31)32)15-27(2,3)34-4)13-14-28-26(33)35-16-22-20-11-7-5-9-18(20)19-10-6-8-12-21(19)22/h5-13,22-23H,14-16H2,1-4H3,(H,28,33)(H,29,30)(H,31,32)/b17-13+. The number of aliphatic carboxylic acids is 1. The number of carbonyl (C=O) groups is 3. The van der Waals surface area contributed by atoms with Gasteiger partial charge in [0, 0.05) is 31.6 Å². The number of rotatable bonds is 10. The number of hydrogen-bond donors (Lipinski definition) is 3. The molecule has 8 nitrogen and oxygen atoms in total. The smallest absolute Gasteiger partial charge is 0.407 e. The van der Waals surface area contributed by atoms with Gasteiger partial charge in [-0.2, -0.15) is 0 Å². The summed E-state index contributed by atoms with van der Waals surface area (Å²) in [5, 5.41) is 14.5. The lowest BCUT2D eigenvalue weighted by Gasteiger charge is -2.27. The van der Waals surface area contributed by atoms with Crippen molar-refractivity contribution in [1.29, 1.82) is 0 Å². The Morgan fingerprint density at radius 1 is 1.06 bits per heavy atom. The van der Waals surface area contributed by atoms with Crippen LogP contribution in [-0.4, -0.2) is 55.0 Å². The van der Waals surface area contributed by atoms with Gasteiger partial charge in [0.1, 0.15) is 12.6 Å². The number of ether oxygens (including phenoxy) is 2. The molecule has 2 aromatic rings. The summed E-state index contributed by atoms with van der Waals surface area (Å²) in [7, 11) is 1.49. The van der Waals surface area contributed by atoms with Crippen molar-refractivity contribution in [2.75, 3.05) is 20.3 Å². The molecule has 1 aliphatic rings. The average molecular weight is 481 g/mol. The summed E-state index contributed by atoms with van der Waals surface area (Å²) < 4.78 is 10.7. The minimum Gasteiger partial charge on any atom is -0.480 e. The highest BCUT2D eigenvalue weighted by atomic mass is 16.5. The molecule has 0 saturated carbocycles. The van der Waals surface area contributed by atoms with Crippen LogP contribution in [0.15, 0.2) is 60.2 Å². The molecule has 1 aliphatic carbocycles. The number of nitrogens with one attached hydrogen (secondary N) is 2. The highest BCUT2D eigenvalue weighted by molar-refractivity contribution is 5.95. The number of carbonyl (C=O) groups excluding carboxylic acids is 2. The third-order valence-electron chi connectivity index (χ3n) is 6.21. The zero-order valence-corrected chi connectivity index (χ0v) is 20.5. The second-order valence-electron chi connectivity index (χ2n) is 9.13. The predicted molar refractivity (Wildman–Crippen MR) is 132 cm³/mol. The quantitative estimate of drug-likeness (QED) is 0.445. The van der Waals surface area contributed by atoms with Crippen molar-refractivity contribution in [2.24, 2.45) is 0 Å². The Labute approximate surface area is 205 Å². The van der Waals surface area contributed by atoms with Crippen LogP contribution in [-0.2, 0) is 19.1 Å². The Bertz CT molecular complexity index is 1080. The molecule has 35 heavy (non-hydrogen) atoms. The fraction of sp³-hybridized carbons (Fsp3) is 0.370. The lowest BCUT2D eigenvalue weighted by molar-refractivity contribution is -0.143. The van der Waals surface area contributed by atoms with E-state index in [2.05, 4.69) is 22.8 Å². The van der Waals surface area contributed by atoms with Gasteiger partial charge in [0.15, 0.2) is 0 Å². The normalized spacial score (nSPS) is 14.0. The number of carboxylic acids is 1. The molecule has 8 heteroatoms. The van der Waals surface area contributed by atoms with E-state index in [1.165, 1.54) is 13.2 Å². The van der Waals surface area contributed by atoms with Crippen molar-refractivity contribution < 1.29 is 29.0 Å². The predicted octanol–water partition coefficient (Wildman–Crippen LogP) is 3.86. The van der Waals surface area contributed by atoms with Crippen molar-refractivity contribution >= 4 is 18.0 Å². The first kappa shape index (κ1) is 26.0. The Hall–Kier alpha value is -3.65. The van der Waals surface area contributed by atoms with Crippen LogP contribution < -0.4 is 10.6 Å². The van der Waals surface area contributed by atoms with Gasteiger partial charge in [0.05, 0.1) is 5.60 Å². The average Bonchev–Trinajstić information content (AvgIpc) is 3.15. The summed E-state index contributed by atoms with van der Waals surface area (Å²) in [5.74, 6) is -1.72. The number of benzene rings is 2. The van der Waals surface area contributed by atoms with E-state index in [9.17, 15) is 19.5 Å². The van der Waals surface area contributed by atoms with Crippen molar-refractivity contribution in [3.63, 3.8) is 0 Å². The van der Waals surface area contributed by atoms with E-state index in [0.29, 0.717) is 0 Å². The van der Waals surface area contributed by atoms with Crippen LogP contribution in [0.25, 0.3) is 11.1 Å². The summed E-state index contributed by atoms with van der Waals surface area (Å²) in [5.41, 5.74) is 4.12. The molecule has 186 valence electrons. The fourth-order valence-electron chi connectivity index (χ4n) is 4.08. The van der Waals surface area contributed by atoms with E-state index in [-0.39, 0.29) is 31.1 Å². The van der Waals surface area contributed by atoms with Crippen LogP contribution in [0.1, 0.15) is 44.2 Å². The first-order valence-electron chi connectivity index (χ1n) is 11.5. The highest BCUT2D eigenvalue weighted by Crippen LogP contribution is 2.44. The summed E-state index contributed by atoms with van der Waals surface area (Å²) in [6.45, 7) is 5.30. The van der Waals surface area contributed by atoms with E-state index in [0.717, 1.165) is 22.3 Å². The largest absolute Gasteiger partial charge is 0.480 e. The van der Waals surface area contributed by atoms with Crippen LogP contribution in [0, 0.1) is 0 Å². The molecule has 3 N–H and O–H groups in total. The van der Waals surface area contributed by atoms with Crippen molar-refractivity contribution in [3.05, 3.63) is 71.3 Å². The van der Waals surface area contributed by atoms with Gasteiger partial charge in [-0.15, -0.1) is 0 Å². The molecule has 0 spiro atoms. The minimum absolute atomic E-state index is 0.0412. The van der Waals surface area contributed by atoms with Gasteiger partial charge >= 0.3 is 12.1 Å². The van der Waals surface area contributed by atoms with Crippen LogP contribution in [0.2, 0.25) is 0 Å². The number of alkyl carbamates (subject to hydrolysis) is 1. The zero-order valence-electron chi connectivity index (χ0n) is 20.5. The second kappa shape index (κ2) is 11.2. The van der Waals surface area contributed by atoms with Gasteiger partial charge < -0.3 is 25.2 Å². The van der Waals surface area contributed by atoms with Crippen LogP contribution in [0.5, 0.6) is 0 Å². The number of methoxy groups -OCH3 is 1. The lowest BCUT2D eigenvalue weighted by atomic mass is 9.98. The third-order valence-corrected chi connectivity index (χ3v) is 6.21. The van der Waals surface area contributed by atoms with Crippen LogP contribution >= 0.6 is 0 Å². The first-order chi connectivity index (χ1) is 16.6. The molecule has 0 heterocycles. The van der Waals surface area contributed by atoms with Gasteiger partial charge in [0.25, 0.3) is 0 Å². The Morgan fingerprint density at radius 2 is 1.63 bits per heavy atom. The molecular formula is C27H32N2O6. The molecule has 0 fully saturated rings. The summed E-state index contributed by atoms with van der Waals surface area (Å²) in [6.07, 6.45) is 1.02. The lowest BCUT2D eigenvalue weighted by Crippen LogP contribution is -2.46. The SMILES string of the molecule is COC(C)(C)CC(NC(=O)/C(C)=C/CNC(=O)OCC1c2ccccc2-c2ccccc21)C(=O)O. The summed E-state index contributed by atoms with van der Waals surface area (Å²) in [6, 6.07) is 15.1. The molecule has 0 bridgehead atoms. The molecule has 3 rings (SSSR count).